The lowest BCUT2D eigenvalue weighted by Crippen LogP contribution is -2.28. The maximum atomic E-state index is 6.11. The Morgan fingerprint density at radius 1 is 1.22 bits per heavy atom. The number of benzene rings is 1. The molecule has 5 heteroatoms. The van der Waals surface area contributed by atoms with Crippen molar-refractivity contribution in [3.63, 3.8) is 0 Å². The molecule has 2 N–H and O–H groups in total. The summed E-state index contributed by atoms with van der Waals surface area (Å²) in [4.78, 5) is 1.07. The van der Waals surface area contributed by atoms with E-state index in [-0.39, 0.29) is 12.1 Å². The van der Waals surface area contributed by atoms with Gasteiger partial charge in [0, 0.05) is 10.9 Å². The van der Waals surface area contributed by atoms with E-state index in [9.17, 15) is 0 Å². The van der Waals surface area contributed by atoms with Crippen molar-refractivity contribution in [2.45, 2.75) is 19.1 Å². The highest BCUT2D eigenvalue weighted by molar-refractivity contribution is 7.10. The number of hydrogen-bond donors (Lipinski definition) is 1. The first kappa shape index (κ1) is 13.7. The first-order valence-corrected chi connectivity index (χ1v) is 7.13. The van der Waals surface area contributed by atoms with Crippen LogP contribution in [0.1, 0.15) is 17.9 Å². The molecule has 0 spiro atoms. The van der Waals surface area contributed by atoms with Crippen molar-refractivity contribution in [2.24, 2.45) is 5.73 Å². The van der Waals surface area contributed by atoms with E-state index < -0.39 is 0 Å². The second-order valence-electron chi connectivity index (χ2n) is 3.96. The molecule has 0 saturated heterocycles. The van der Waals surface area contributed by atoms with E-state index in [4.69, 9.17) is 33.7 Å². The Balaban J connectivity index is 2.27. The Labute approximate surface area is 120 Å². The molecule has 0 radical (unpaired) electrons. The van der Waals surface area contributed by atoms with Gasteiger partial charge in [0.05, 0.1) is 5.02 Å². The summed E-state index contributed by atoms with van der Waals surface area (Å²) in [5, 5.41) is 2.89. The Morgan fingerprint density at radius 2 is 2.00 bits per heavy atom. The van der Waals surface area contributed by atoms with Gasteiger partial charge >= 0.3 is 0 Å². The number of hydrogen-bond acceptors (Lipinski definition) is 3. The lowest BCUT2D eigenvalue weighted by atomic mass is 10.1. The fraction of sp³-hybridized carbons (Fsp3) is 0.231. The highest BCUT2D eigenvalue weighted by Gasteiger charge is 2.20. The van der Waals surface area contributed by atoms with Gasteiger partial charge in [-0.15, -0.1) is 11.3 Å². The van der Waals surface area contributed by atoms with Gasteiger partial charge in [-0.2, -0.15) is 0 Å². The van der Waals surface area contributed by atoms with E-state index in [0.717, 1.165) is 4.88 Å². The SMILES string of the molecule is CC(N)C(Oc1cccc(Cl)c1Cl)c1cccs1. The molecular weight excluding hydrogens is 289 g/mol. The molecule has 0 bridgehead atoms. The van der Waals surface area contributed by atoms with Crippen LogP contribution in [0.2, 0.25) is 10.0 Å². The summed E-state index contributed by atoms with van der Waals surface area (Å²) in [6.07, 6.45) is -0.221. The van der Waals surface area contributed by atoms with Crippen molar-refractivity contribution < 1.29 is 4.74 Å². The second kappa shape index (κ2) is 5.93. The van der Waals surface area contributed by atoms with E-state index >= 15 is 0 Å². The third-order valence-corrected chi connectivity index (χ3v) is 4.21. The van der Waals surface area contributed by atoms with Gasteiger partial charge in [-0.25, -0.2) is 0 Å². The fourth-order valence-electron chi connectivity index (χ4n) is 1.59. The van der Waals surface area contributed by atoms with Crippen LogP contribution in [0, 0.1) is 0 Å². The van der Waals surface area contributed by atoms with Crippen molar-refractivity contribution >= 4 is 34.5 Å². The van der Waals surface area contributed by atoms with Crippen molar-refractivity contribution in [2.75, 3.05) is 0 Å². The topological polar surface area (TPSA) is 35.2 Å². The van der Waals surface area contributed by atoms with E-state index in [1.807, 2.05) is 24.4 Å². The first-order chi connectivity index (χ1) is 8.59. The molecule has 18 heavy (non-hydrogen) atoms. The molecular formula is C13H13Cl2NOS. The van der Waals surface area contributed by atoms with Crippen LogP contribution in [0.4, 0.5) is 0 Å². The number of halogens is 2. The molecule has 0 amide bonds. The predicted octanol–water partition coefficient (Wildman–Crippen LogP) is 4.52. The summed E-state index contributed by atoms with van der Waals surface area (Å²) in [7, 11) is 0. The van der Waals surface area contributed by atoms with Gasteiger partial charge in [0.15, 0.2) is 0 Å². The quantitative estimate of drug-likeness (QED) is 0.901. The molecule has 1 heterocycles. The van der Waals surface area contributed by atoms with Crippen molar-refractivity contribution in [3.8, 4) is 5.75 Å². The summed E-state index contributed by atoms with van der Waals surface area (Å²) < 4.78 is 5.90. The molecule has 2 unspecified atom stereocenters. The molecule has 2 atom stereocenters. The maximum absolute atomic E-state index is 6.11. The molecule has 2 rings (SSSR count). The molecule has 2 aromatic rings. The summed E-state index contributed by atoms with van der Waals surface area (Å²) in [5.41, 5.74) is 5.97. The highest BCUT2D eigenvalue weighted by atomic mass is 35.5. The minimum atomic E-state index is -0.221. The minimum absolute atomic E-state index is 0.140. The average molecular weight is 302 g/mol. The van der Waals surface area contributed by atoms with E-state index in [0.29, 0.717) is 15.8 Å². The van der Waals surface area contributed by atoms with E-state index in [2.05, 4.69) is 0 Å². The van der Waals surface area contributed by atoms with E-state index in [1.54, 1.807) is 29.5 Å². The van der Waals surface area contributed by atoms with Gasteiger partial charge in [-0.1, -0.05) is 35.3 Å². The zero-order valence-corrected chi connectivity index (χ0v) is 12.1. The predicted molar refractivity (Wildman–Crippen MR) is 77.8 cm³/mol. The van der Waals surface area contributed by atoms with Gasteiger partial charge in [-0.05, 0) is 30.5 Å². The van der Waals surface area contributed by atoms with Gasteiger partial charge in [0.25, 0.3) is 0 Å². The minimum Gasteiger partial charge on any atom is -0.482 e. The van der Waals surface area contributed by atoms with Crippen LogP contribution in [0.15, 0.2) is 35.7 Å². The van der Waals surface area contributed by atoms with E-state index in [1.165, 1.54) is 0 Å². The first-order valence-electron chi connectivity index (χ1n) is 5.49. The van der Waals surface area contributed by atoms with Gasteiger partial charge < -0.3 is 10.5 Å². The molecule has 0 aliphatic heterocycles. The number of nitrogens with two attached hydrogens (primary N) is 1. The largest absolute Gasteiger partial charge is 0.482 e. The van der Waals surface area contributed by atoms with Crippen LogP contribution in [-0.4, -0.2) is 6.04 Å². The third kappa shape index (κ3) is 2.98. The molecule has 0 fully saturated rings. The summed E-state index contributed by atoms with van der Waals surface area (Å²) in [6, 6.07) is 9.14. The van der Waals surface area contributed by atoms with Crippen LogP contribution in [-0.2, 0) is 0 Å². The normalized spacial score (nSPS) is 14.2. The van der Waals surface area contributed by atoms with Gasteiger partial charge in [0.2, 0.25) is 0 Å². The lowest BCUT2D eigenvalue weighted by Gasteiger charge is -2.22. The van der Waals surface area contributed by atoms with Crippen molar-refractivity contribution in [1.82, 2.24) is 0 Å². The molecule has 0 aliphatic rings. The van der Waals surface area contributed by atoms with Gasteiger partial charge in [-0.3, -0.25) is 0 Å². The second-order valence-corrected chi connectivity index (χ2v) is 5.73. The van der Waals surface area contributed by atoms with Crippen molar-refractivity contribution in [3.05, 3.63) is 50.6 Å². The van der Waals surface area contributed by atoms with Crippen LogP contribution in [0.5, 0.6) is 5.75 Å². The number of rotatable bonds is 4. The molecule has 0 aliphatic carbocycles. The number of ether oxygens (including phenoxy) is 1. The maximum Gasteiger partial charge on any atom is 0.148 e. The van der Waals surface area contributed by atoms with Gasteiger partial charge in [0.1, 0.15) is 16.9 Å². The monoisotopic (exact) mass is 301 g/mol. The fourth-order valence-corrected chi connectivity index (χ4v) is 2.79. The van der Waals surface area contributed by atoms with Crippen LogP contribution in [0.25, 0.3) is 0 Å². The Morgan fingerprint density at radius 3 is 2.61 bits per heavy atom. The Kier molecular flexibility index (Phi) is 4.51. The van der Waals surface area contributed by atoms with Crippen LogP contribution >= 0.6 is 34.5 Å². The average Bonchev–Trinajstić information content (AvgIpc) is 2.84. The number of thiophene rings is 1. The summed E-state index contributed by atoms with van der Waals surface area (Å²) >= 11 is 13.7. The highest BCUT2D eigenvalue weighted by Crippen LogP contribution is 2.35. The standard InChI is InChI=1S/C13H13Cl2NOS/c1-8(16)13(11-6-3-7-18-11)17-10-5-2-4-9(14)12(10)15/h2-8,13H,16H2,1H3. The summed E-state index contributed by atoms with van der Waals surface area (Å²) in [5.74, 6) is 0.555. The lowest BCUT2D eigenvalue weighted by molar-refractivity contribution is 0.184. The van der Waals surface area contributed by atoms with Crippen molar-refractivity contribution in [1.29, 1.82) is 0 Å². The molecule has 1 aromatic heterocycles. The molecule has 96 valence electrons. The van der Waals surface area contributed by atoms with Crippen LogP contribution < -0.4 is 10.5 Å². The van der Waals surface area contributed by atoms with Crippen LogP contribution in [0.3, 0.4) is 0 Å². The summed E-state index contributed by atoms with van der Waals surface area (Å²) in [6.45, 7) is 1.91. The molecule has 0 saturated carbocycles. The molecule has 1 aromatic carbocycles. The zero-order valence-electron chi connectivity index (χ0n) is 9.77. The zero-order chi connectivity index (χ0) is 13.1. The smallest absolute Gasteiger partial charge is 0.148 e. The molecule has 2 nitrogen and oxygen atoms in total. The third-order valence-electron chi connectivity index (χ3n) is 2.47. The Hall–Kier alpha value is -0.740. The Bertz CT molecular complexity index is 514.